The molecule has 3 aromatic carbocycles. The third-order valence-electron chi connectivity index (χ3n) is 4.93. The molecule has 1 amide bonds. The Morgan fingerprint density at radius 1 is 1.10 bits per heavy atom. The van der Waals surface area contributed by atoms with Crippen LogP contribution in [0.5, 0.6) is 5.75 Å². The molecule has 2 heterocycles. The van der Waals surface area contributed by atoms with Gasteiger partial charge in [-0.1, -0.05) is 53.3 Å². The average Bonchev–Trinajstić information content (AvgIpc) is 3.36. The van der Waals surface area contributed by atoms with Crippen molar-refractivity contribution in [3.63, 3.8) is 0 Å². The largest absolute Gasteiger partial charge is 0.496 e. The number of halogens is 1. The van der Waals surface area contributed by atoms with Crippen LogP contribution in [0.3, 0.4) is 0 Å². The maximum Gasteiger partial charge on any atom is 0.260 e. The topological polar surface area (TPSA) is 69.0 Å². The first-order valence-corrected chi connectivity index (χ1v) is 10.7. The zero-order chi connectivity index (χ0) is 21.5. The number of hydrogen-bond acceptors (Lipinski definition) is 5. The summed E-state index contributed by atoms with van der Waals surface area (Å²) < 4.78 is 8.05. The molecule has 5 rings (SSSR count). The maximum atomic E-state index is 13.2. The number of anilines is 1. The molecule has 0 aliphatic rings. The van der Waals surface area contributed by atoms with E-state index in [-0.39, 0.29) is 5.91 Å². The van der Waals surface area contributed by atoms with Gasteiger partial charge in [0, 0.05) is 6.07 Å². The van der Waals surface area contributed by atoms with E-state index >= 15 is 0 Å². The minimum atomic E-state index is -0.289. The summed E-state index contributed by atoms with van der Waals surface area (Å²) in [5.74, 6) is 0.738. The fourth-order valence-corrected chi connectivity index (χ4v) is 4.71. The van der Waals surface area contributed by atoms with Gasteiger partial charge in [-0.25, -0.2) is 4.98 Å². The van der Waals surface area contributed by atoms with Gasteiger partial charge < -0.3 is 10.1 Å². The number of thiazole rings is 1. The van der Waals surface area contributed by atoms with E-state index in [0.717, 1.165) is 21.2 Å². The van der Waals surface area contributed by atoms with Gasteiger partial charge in [-0.05, 0) is 42.0 Å². The lowest BCUT2D eigenvalue weighted by Gasteiger charge is -2.11. The van der Waals surface area contributed by atoms with E-state index < -0.39 is 0 Å². The van der Waals surface area contributed by atoms with E-state index in [1.165, 1.54) is 11.3 Å². The maximum absolute atomic E-state index is 13.2. The number of hydrogen-bond donors (Lipinski definition) is 1. The summed E-state index contributed by atoms with van der Waals surface area (Å²) in [5.41, 5.74) is 1.91. The minimum absolute atomic E-state index is 0.289. The zero-order valence-corrected chi connectivity index (χ0v) is 18.3. The molecule has 1 N–H and O–H groups in total. The fourth-order valence-electron chi connectivity index (χ4n) is 3.48. The molecule has 0 aliphatic carbocycles. The van der Waals surface area contributed by atoms with Crippen LogP contribution in [0.1, 0.15) is 16.1 Å². The van der Waals surface area contributed by atoms with Crippen LogP contribution in [0.25, 0.3) is 26.1 Å². The molecule has 8 heteroatoms. The Morgan fingerprint density at radius 2 is 1.87 bits per heavy atom. The first-order chi connectivity index (χ1) is 15.0. The number of amides is 1. The lowest BCUT2D eigenvalue weighted by atomic mass is 10.1. The quantitative estimate of drug-likeness (QED) is 0.374. The van der Waals surface area contributed by atoms with Gasteiger partial charge in [-0.2, -0.15) is 9.78 Å². The number of carbonyl (C=O) groups is 1. The Bertz CT molecular complexity index is 1460. The fraction of sp³-hybridized carbons (Fsp3) is 0.0870. The normalized spacial score (nSPS) is 11.2. The summed E-state index contributed by atoms with van der Waals surface area (Å²) in [5, 5.41) is 10.6. The molecule has 6 nitrogen and oxygen atoms in total. The molecular formula is C23H17ClN4O2S. The second kappa shape index (κ2) is 7.68. The summed E-state index contributed by atoms with van der Waals surface area (Å²) in [6.07, 6.45) is 0. The van der Waals surface area contributed by atoms with Crippen LogP contribution in [0, 0.1) is 6.92 Å². The molecule has 0 bridgehead atoms. The van der Waals surface area contributed by atoms with Crippen molar-refractivity contribution in [3.8, 4) is 10.9 Å². The van der Waals surface area contributed by atoms with Crippen molar-refractivity contribution in [2.24, 2.45) is 0 Å². The van der Waals surface area contributed by atoms with Crippen molar-refractivity contribution < 1.29 is 9.53 Å². The highest BCUT2D eigenvalue weighted by Crippen LogP contribution is 2.32. The van der Waals surface area contributed by atoms with Crippen LogP contribution < -0.4 is 10.1 Å². The van der Waals surface area contributed by atoms with Crippen LogP contribution in [0.2, 0.25) is 5.02 Å². The van der Waals surface area contributed by atoms with Gasteiger partial charge in [0.25, 0.3) is 5.91 Å². The first-order valence-electron chi connectivity index (χ1n) is 9.54. The van der Waals surface area contributed by atoms with E-state index in [1.54, 1.807) is 23.9 Å². The zero-order valence-electron chi connectivity index (χ0n) is 16.7. The molecule has 0 atom stereocenters. The van der Waals surface area contributed by atoms with Gasteiger partial charge in [0.05, 0.1) is 28.1 Å². The highest BCUT2D eigenvalue weighted by atomic mass is 35.5. The molecule has 0 fully saturated rings. The number of nitrogens with one attached hydrogen (secondary N) is 1. The van der Waals surface area contributed by atoms with E-state index in [4.69, 9.17) is 16.3 Å². The highest BCUT2D eigenvalue weighted by Gasteiger charge is 2.19. The van der Waals surface area contributed by atoms with Gasteiger partial charge in [0.2, 0.25) is 5.13 Å². The Hall–Kier alpha value is -3.42. The van der Waals surface area contributed by atoms with Crippen molar-refractivity contribution in [2.75, 3.05) is 12.4 Å². The number of fused-ring (bicyclic) bond motifs is 2. The van der Waals surface area contributed by atoms with Crippen LogP contribution in [0.15, 0.2) is 60.7 Å². The smallest absolute Gasteiger partial charge is 0.260 e. The average molecular weight is 449 g/mol. The third-order valence-corrected chi connectivity index (χ3v) is 6.23. The second-order valence-electron chi connectivity index (χ2n) is 7.02. The standard InChI is InChI=1S/C23H17ClN4O2S/c1-13-10-20(28(27-13)23-26-21-17(24)8-5-9-19(21)31-23)25-22(29)16-11-14-6-3-4-7-15(14)12-18(16)30-2/h3-12H,1-2H3,(H,25,29). The summed E-state index contributed by atoms with van der Waals surface area (Å²) in [4.78, 5) is 17.8. The van der Waals surface area contributed by atoms with Crippen LogP contribution in [-0.2, 0) is 0 Å². The molecule has 31 heavy (non-hydrogen) atoms. The van der Waals surface area contributed by atoms with Crippen LogP contribution in [-0.4, -0.2) is 27.8 Å². The molecule has 2 aromatic heterocycles. The number of ether oxygens (including phenoxy) is 1. The van der Waals surface area contributed by atoms with Gasteiger partial charge in [0.1, 0.15) is 17.1 Å². The number of rotatable bonds is 4. The number of para-hydroxylation sites is 1. The summed E-state index contributed by atoms with van der Waals surface area (Å²) in [6.45, 7) is 1.86. The number of aryl methyl sites for hydroxylation is 1. The van der Waals surface area contributed by atoms with E-state index in [2.05, 4.69) is 15.4 Å². The molecule has 0 unspecified atom stereocenters. The molecule has 5 aromatic rings. The molecule has 0 saturated carbocycles. The van der Waals surface area contributed by atoms with Gasteiger partial charge in [-0.3, -0.25) is 4.79 Å². The van der Waals surface area contributed by atoms with E-state index in [1.807, 2.05) is 55.5 Å². The van der Waals surface area contributed by atoms with Gasteiger partial charge in [-0.15, -0.1) is 0 Å². The SMILES string of the molecule is COc1cc2ccccc2cc1C(=O)Nc1cc(C)nn1-c1nc2c(Cl)cccc2s1. The summed E-state index contributed by atoms with van der Waals surface area (Å²) in [7, 11) is 1.56. The molecule has 0 spiro atoms. The van der Waals surface area contributed by atoms with Crippen molar-refractivity contribution in [3.05, 3.63) is 76.9 Å². The van der Waals surface area contributed by atoms with Crippen molar-refractivity contribution in [1.29, 1.82) is 0 Å². The first kappa shape index (κ1) is 19.5. The van der Waals surface area contributed by atoms with Crippen LogP contribution in [0.4, 0.5) is 5.82 Å². The third kappa shape index (κ3) is 3.52. The van der Waals surface area contributed by atoms with E-state index in [9.17, 15) is 4.79 Å². The molecule has 0 saturated heterocycles. The monoisotopic (exact) mass is 448 g/mol. The molecule has 0 aliphatic heterocycles. The number of methoxy groups -OCH3 is 1. The molecule has 0 radical (unpaired) electrons. The predicted octanol–water partition coefficient (Wildman–Crippen LogP) is 5.86. The second-order valence-corrected chi connectivity index (χ2v) is 8.44. The lowest BCUT2D eigenvalue weighted by molar-refractivity contribution is 0.102. The van der Waals surface area contributed by atoms with Crippen LogP contribution >= 0.6 is 22.9 Å². The summed E-state index contributed by atoms with van der Waals surface area (Å²) in [6, 6.07) is 19.0. The number of benzene rings is 3. The van der Waals surface area contributed by atoms with Crippen molar-refractivity contribution in [2.45, 2.75) is 6.92 Å². The Balaban J connectivity index is 1.54. The van der Waals surface area contributed by atoms with Gasteiger partial charge >= 0.3 is 0 Å². The minimum Gasteiger partial charge on any atom is -0.496 e. The summed E-state index contributed by atoms with van der Waals surface area (Å²) >= 11 is 7.73. The lowest BCUT2D eigenvalue weighted by Crippen LogP contribution is -2.16. The number of carbonyl (C=O) groups excluding carboxylic acids is 1. The molecular weight excluding hydrogens is 432 g/mol. The molecule has 154 valence electrons. The van der Waals surface area contributed by atoms with Gasteiger partial charge in [0.15, 0.2) is 0 Å². The van der Waals surface area contributed by atoms with Crippen molar-refractivity contribution in [1.82, 2.24) is 14.8 Å². The Labute approximate surface area is 187 Å². The number of nitrogens with zero attached hydrogens (tertiary/aromatic N) is 3. The number of aromatic nitrogens is 3. The Kier molecular flexibility index (Phi) is 4.84. The van der Waals surface area contributed by atoms with Crippen molar-refractivity contribution >= 4 is 55.7 Å². The highest BCUT2D eigenvalue weighted by molar-refractivity contribution is 7.20. The van der Waals surface area contributed by atoms with E-state index in [0.29, 0.717) is 32.8 Å². The predicted molar refractivity (Wildman–Crippen MR) is 125 cm³/mol. The Morgan fingerprint density at radius 3 is 2.61 bits per heavy atom.